The monoisotopic (exact) mass is 275 g/mol. The topological polar surface area (TPSA) is 81.2 Å². The summed E-state index contributed by atoms with van der Waals surface area (Å²) in [5.74, 6) is 0.413. The third-order valence-electron chi connectivity index (χ3n) is 3.51. The second kappa shape index (κ2) is 6.05. The van der Waals surface area contributed by atoms with Crippen LogP contribution in [-0.4, -0.2) is 23.5 Å². The van der Waals surface area contributed by atoms with Crippen molar-refractivity contribution >= 4 is 17.0 Å². The Balaban J connectivity index is 1.93. The number of oxazole rings is 1. The Labute approximate surface area is 118 Å². The van der Waals surface area contributed by atoms with E-state index in [0.717, 1.165) is 16.7 Å². The Morgan fingerprint density at radius 2 is 2.20 bits per heavy atom. The number of aromatic nitrogens is 1. The molecule has 2 atom stereocenters. The molecule has 0 saturated heterocycles. The van der Waals surface area contributed by atoms with E-state index in [9.17, 15) is 4.79 Å². The van der Waals surface area contributed by atoms with Crippen molar-refractivity contribution in [1.82, 2.24) is 10.3 Å². The van der Waals surface area contributed by atoms with Crippen molar-refractivity contribution < 1.29 is 9.21 Å². The molecule has 1 heterocycles. The maximum absolute atomic E-state index is 11.8. The number of hydrogen-bond donors (Lipinski definition) is 2. The van der Waals surface area contributed by atoms with Crippen LogP contribution in [-0.2, 0) is 11.2 Å². The van der Waals surface area contributed by atoms with Crippen LogP contribution in [0.5, 0.6) is 0 Å². The molecule has 0 saturated carbocycles. The summed E-state index contributed by atoms with van der Waals surface area (Å²) < 4.78 is 5.65. The smallest absolute Gasteiger partial charge is 0.224 e. The van der Waals surface area contributed by atoms with E-state index < -0.39 is 0 Å². The van der Waals surface area contributed by atoms with Gasteiger partial charge in [-0.3, -0.25) is 4.79 Å². The summed E-state index contributed by atoms with van der Waals surface area (Å²) >= 11 is 0. The highest BCUT2D eigenvalue weighted by molar-refractivity contribution is 5.79. The minimum absolute atomic E-state index is 0.0349. The van der Waals surface area contributed by atoms with Crippen LogP contribution < -0.4 is 11.1 Å². The number of nitrogens with zero attached hydrogens (tertiary/aromatic N) is 1. The number of hydrogen-bond acceptors (Lipinski definition) is 4. The van der Waals surface area contributed by atoms with Gasteiger partial charge in [-0.25, -0.2) is 4.98 Å². The zero-order valence-electron chi connectivity index (χ0n) is 12.1. The molecular formula is C15H21N3O2. The van der Waals surface area contributed by atoms with Crippen LogP contribution in [0.25, 0.3) is 11.1 Å². The second-order valence-electron chi connectivity index (χ2n) is 5.22. The fourth-order valence-corrected chi connectivity index (χ4v) is 1.93. The van der Waals surface area contributed by atoms with Crippen molar-refractivity contribution in [3.05, 3.63) is 29.7 Å². The average molecular weight is 275 g/mol. The van der Waals surface area contributed by atoms with Gasteiger partial charge in [-0.05, 0) is 25.5 Å². The first-order valence-electron chi connectivity index (χ1n) is 6.87. The van der Waals surface area contributed by atoms with E-state index >= 15 is 0 Å². The molecule has 1 amide bonds. The summed E-state index contributed by atoms with van der Waals surface area (Å²) in [4.78, 5) is 16.2. The first-order valence-corrected chi connectivity index (χ1v) is 6.87. The van der Waals surface area contributed by atoms with Crippen LogP contribution in [0.15, 0.2) is 22.6 Å². The number of rotatable bonds is 5. The normalized spacial score (nSPS) is 14.2. The third kappa shape index (κ3) is 3.17. The zero-order valence-corrected chi connectivity index (χ0v) is 12.1. The van der Waals surface area contributed by atoms with Crippen LogP contribution in [0.3, 0.4) is 0 Å². The first kappa shape index (κ1) is 14.5. The number of nitrogens with two attached hydrogens (primary N) is 1. The van der Waals surface area contributed by atoms with E-state index in [2.05, 4.69) is 10.3 Å². The fraction of sp³-hybridized carbons (Fsp3) is 0.467. The number of carbonyl (C=O) groups is 1. The van der Waals surface area contributed by atoms with Crippen molar-refractivity contribution in [1.29, 1.82) is 0 Å². The molecule has 20 heavy (non-hydrogen) atoms. The van der Waals surface area contributed by atoms with Gasteiger partial charge < -0.3 is 15.5 Å². The Morgan fingerprint density at radius 1 is 1.45 bits per heavy atom. The molecule has 0 spiro atoms. The molecule has 1 aromatic heterocycles. The Bertz CT molecular complexity index is 604. The van der Waals surface area contributed by atoms with Gasteiger partial charge in [0.15, 0.2) is 11.5 Å². The molecule has 108 valence electrons. The molecule has 0 bridgehead atoms. The lowest BCUT2D eigenvalue weighted by molar-refractivity contribution is -0.124. The summed E-state index contributed by atoms with van der Waals surface area (Å²) in [5.41, 5.74) is 8.46. The number of aryl methyl sites for hydroxylation is 1. The summed E-state index contributed by atoms with van der Waals surface area (Å²) in [6.07, 6.45) is 0.575. The summed E-state index contributed by atoms with van der Waals surface area (Å²) in [7, 11) is 0. The van der Waals surface area contributed by atoms with Gasteiger partial charge in [0.2, 0.25) is 5.91 Å². The molecule has 2 aromatic rings. The number of fused-ring (bicyclic) bond motifs is 1. The lowest BCUT2D eigenvalue weighted by Gasteiger charge is -2.14. The van der Waals surface area contributed by atoms with Crippen LogP contribution in [0.1, 0.15) is 25.3 Å². The highest BCUT2D eigenvalue weighted by Crippen LogP contribution is 2.18. The van der Waals surface area contributed by atoms with Crippen molar-refractivity contribution in [3.8, 4) is 0 Å². The maximum Gasteiger partial charge on any atom is 0.224 e. The predicted molar refractivity (Wildman–Crippen MR) is 78.3 cm³/mol. The van der Waals surface area contributed by atoms with Gasteiger partial charge in [-0.15, -0.1) is 0 Å². The molecular weight excluding hydrogens is 254 g/mol. The Morgan fingerprint density at radius 3 is 2.85 bits per heavy atom. The summed E-state index contributed by atoms with van der Waals surface area (Å²) in [6.45, 7) is 6.15. The average Bonchev–Trinajstić information content (AvgIpc) is 2.82. The highest BCUT2D eigenvalue weighted by atomic mass is 16.3. The lowest BCUT2D eigenvalue weighted by Crippen LogP contribution is -2.39. The molecule has 5 nitrogen and oxygen atoms in total. The van der Waals surface area contributed by atoms with Crippen molar-refractivity contribution in [2.75, 3.05) is 6.54 Å². The molecule has 0 radical (unpaired) electrons. The quantitative estimate of drug-likeness (QED) is 0.871. The molecule has 0 aliphatic heterocycles. The minimum atomic E-state index is -0.194. The number of carbonyl (C=O) groups excluding carboxylic acids is 1. The van der Waals surface area contributed by atoms with E-state index in [4.69, 9.17) is 10.2 Å². The fourth-order valence-electron chi connectivity index (χ4n) is 1.93. The Kier molecular flexibility index (Phi) is 4.39. The van der Waals surface area contributed by atoms with E-state index in [1.807, 2.05) is 39.0 Å². The standard InChI is InChI=1S/C15H21N3O2/c1-9-5-4-6-12-14(9)18-13(20-12)7-8-17-15(19)10(2)11(3)16/h4-6,10-11H,7-8,16H2,1-3H3,(H,17,19). The number of para-hydroxylation sites is 1. The number of nitrogens with one attached hydrogen (secondary N) is 1. The Hall–Kier alpha value is -1.88. The van der Waals surface area contributed by atoms with Crippen molar-refractivity contribution in [3.63, 3.8) is 0 Å². The van der Waals surface area contributed by atoms with Crippen molar-refractivity contribution in [2.24, 2.45) is 11.7 Å². The second-order valence-corrected chi connectivity index (χ2v) is 5.22. The molecule has 1 aromatic carbocycles. The van der Waals surface area contributed by atoms with Gasteiger partial charge in [0.1, 0.15) is 5.52 Å². The first-order chi connectivity index (χ1) is 9.49. The molecule has 0 aliphatic carbocycles. The molecule has 2 unspecified atom stereocenters. The van der Waals surface area contributed by atoms with E-state index in [1.54, 1.807) is 0 Å². The van der Waals surface area contributed by atoms with E-state index in [1.165, 1.54) is 0 Å². The van der Waals surface area contributed by atoms with Gasteiger partial charge in [-0.1, -0.05) is 19.1 Å². The minimum Gasteiger partial charge on any atom is -0.441 e. The maximum atomic E-state index is 11.8. The van der Waals surface area contributed by atoms with Crippen LogP contribution in [0, 0.1) is 12.8 Å². The van der Waals surface area contributed by atoms with Gasteiger partial charge in [0.05, 0.1) is 0 Å². The molecule has 2 rings (SSSR count). The molecule has 5 heteroatoms. The zero-order chi connectivity index (χ0) is 14.7. The molecule has 0 aliphatic rings. The lowest BCUT2D eigenvalue weighted by atomic mass is 10.0. The molecule has 0 fully saturated rings. The van der Waals surface area contributed by atoms with Gasteiger partial charge in [0.25, 0.3) is 0 Å². The van der Waals surface area contributed by atoms with Gasteiger partial charge in [-0.2, -0.15) is 0 Å². The summed E-state index contributed by atoms with van der Waals surface area (Å²) in [6, 6.07) is 5.69. The molecule has 3 N–H and O–H groups in total. The predicted octanol–water partition coefficient (Wildman–Crippen LogP) is 1.78. The van der Waals surface area contributed by atoms with Crippen LogP contribution in [0.4, 0.5) is 0 Å². The van der Waals surface area contributed by atoms with Crippen molar-refractivity contribution in [2.45, 2.75) is 33.2 Å². The largest absolute Gasteiger partial charge is 0.441 e. The highest BCUT2D eigenvalue weighted by Gasteiger charge is 2.16. The van der Waals surface area contributed by atoms with Crippen LogP contribution in [0.2, 0.25) is 0 Å². The van der Waals surface area contributed by atoms with E-state index in [0.29, 0.717) is 18.9 Å². The SMILES string of the molecule is Cc1cccc2oc(CCNC(=O)C(C)C(C)N)nc12. The van der Waals surface area contributed by atoms with Gasteiger partial charge in [0, 0.05) is 24.9 Å². The third-order valence-corrected chi connectivity index (χ3v) is 3.51. The van der Waals surface area contributed by atoms with Gasteiger partial charge >= 0.3 is 0 Å². The van der Waals surface area contributed by atoms with E-state index in [-0.39, 0.29) is 17.9 Å². The number of amides is 1. The number of benzene rings is 1. The van der Waals surface area contributed by atoms with Crippen LogP contribution >= 0.6 is 0 Å². The summed E-state index contributed by atoms with van der Waals surface area (Å²) in [5, 5.41) is 2.85.